The average Bonchev–Trinajstić information content (AvgIpc) is 3.10. The van der Waals surface area contributed by atoms with Crippen molar-refractivity contribution >= 4 is 33.2 Å². The lowest BCUT2D eigenvalue weighted by molar-refractivity contribution is -0.118. The maximum atomic E-state index is 12.9. The highest BCUT2D eigenvalue weighted by molar-refractivity contribution is 7.90. The summed E-state index contributed by atoms with van der Waals surface area (Å²) in [6.45, 7) is 2.09. The molecule has 1 saturated heterocycles. The van der Waals surface area contributed by atoms with Gasteiger partial charge in [-0.25, -0.2) is 13.2 Å². The molecule has 8 nitrogen and oxygen atoms in total. The van der Waals surface area contributed by atoms with Gasteiger partial charge in [0.25, 0.3) is 0 Å². The van der Waals surface area contributed by atoms with Crippen LogP contribution in [0.4, 0.5) is 16.2 Å². The Kier molecular flexibility index (Phi) is 9.33. The van der Waals surface area contributed by atoms with Crippen LogP contribution in [0.5, 0.6) is 0 Å². The van der Waals surface area contributed by atoms with Gasteiger partial charge >= 0.3 is 6.09 Å². The van der Waals surface area contributed by atoms with Crippen molar-refractivity contribution in [3.63, 3.8) is 0 Å². The highest BCUT2D eigenvalue weighted by Crippen LogP contribution is 2.21. The maximum absolute atomic E-state index is 12.9. The van der Waals surface area contributed by atoms with Gasteiger partial charge in [0.05, 0.1) is 5.75 Å². The number of nitrogens with zero attached hydrogens (tertiary/aromatic N) is 1. The van der Waals surface area contributed by atoms with Gasteiger partial charge in [0, 0.05) is 30.7 Å². The van der Waals surface area contributed by atoms with Crippen molar-refractivity contribution in [1.82, 2.24) is 5.32 Å². The zero-order valence-electron chi connectivity index (χ0n) is 19.5. The van der Waals surface area contributed by atoms with Crippen molar-refractivity contribution in [2.24, 2.45) is 0 Å². The Morgan fingerprint density at radius 2 is 1.62 bits per heavy atom. The molecule has 2 aromatic carbocycles. The van der Waals surface area contributed by atoms with E-state index >= 15 is 0 Å². The van der Waals surface area contributed by atoms with Crippen LogP contribution in [0.25, 0.3) is 0 Å². The topological polar surface area (TPSA) is 105 Å². The van der Waals surface area contributed by atoms with Gasteiger partial charge in [-0.05, 0) is 49.1 Å². The molecule has 1 fully saturated rings. The first-order chi connectivity index (χ1) is 16.3. The lowest BCUT2D eigenvalue weighted by atomic mass is 10.2. The van der Waals surface area contributed by atoms with Crippen molar-refractivity contribution in [2.45, 2.75) is 44.8 Å². The zero-order valence-corrected chi connectivity index (χ0v) is 20.4. The summed E-state index contributed by atoms with van der Waals surface area (Å²) in [4.78, 5) is 27.5. The highest BCUT2D eigenvalue weighted by atomic mass is 32.2. The van der Waals surface area contributed by atoms with Crippen LogP contribution in [0.1, 0.15) is 37.7 Å². The predicted octanol–water partition coefficient (Wildman–Crippen LogP) is 3.74. The van der Waals surface area contributed by atoms with Gasteiger partial charge in [-0.15, -0.1) is 0 Å². The molecule has 0 bridgehead atoms. The number of rotatable bonds is 9. The second-order valence-corrected chi connectivity index (χ2v) is 10.9. The molecule has 0 aliphatic carbocycles. The van der Waals surface area contributed by atoms with E-state index in [1.807, 2.05) is 54.6 Å². The van der Waals surface area contributed by atoms with Crippen molar-refractivity contribution < 1.29 is 22.7 Å². The Balaban J connectivity index is 1.60. The molecule has 0 saturated carbocycles. The van der Waals surface area contributed by atoms with E-state index in [4.69, 9.17) is 4.74 Å². The van der Waals surface area contributed by atoms with E-state index in [9.17, 15) is 18.0 Å². The highest BCUT2D eigenvalue weighted by Gasteiger charge is 2.23. The molecule has 2 amide bonds. The summed E-state index contributed by atoms with van der Waals surface area (Å²) >= 11 is 0. The van der Waals surface area contributed by atoms with Crippen LogP contribution in [0.3, 0.4) is 0 Å². The van der Waals surface area contributed by atoms with Crippen molar-refractivity contribution in [2.75, 3.05) is 35.3 Å². The largest absolute Gasteiger partial charge is 0.445 e. The van der Waals surface area contributed by atoms with E-state index < -0.39 is 27.9 Å². The van der Waals surface area contributed by atoms with E-state index in [1.165, 1.54) is 25.7 Å². The van der Waals surface area contributed by atoms with Gasteiger partial charge in [-0.3, -0.25) is 4.79 Å². The fourth-order valence-electron chi connectivity index (χ4n) is 3.82. The Bertz CT molecular complexity index is 1030. The molecule has 1 unspecified atom stereocenters. The molecule has 0 spiro atoms. The van der Waals surface area contributed by atoms with Crippen LogP contribution in [0.15, 0.2) is 54.6 Å². The first kappa shape index (κ1) is 25.6. The van der Waals surface area contributed by atoms with Crippen LogP contribution in [0, 0.1) is 0 Å². The molecule has 0 aromatic heterocycles. The summed E-state index contributed by atoms with van der Waals surface area (Å²) in [5.41, 5.74) is 2.49. The lowest BCUT2D eigenvalue weighted by Gasteiger charge is -2.23. The summed E-state index contributed by atoms with van der Waals surface area (Å²) in [6.07, 6.45) is 5.10. The molecule has 1 aliphatic heterocycles. The minimum atomic E-state index is -3.32. The summed E-state index contributed by atoms with van der Waals surface area (Å²) in [6, 6.07) is 15.7. The third kappa shape index (κ3) is 8.70. The molecule has 2 N–H and O–H groups in total. The second kappa shape index (κ2) is 12.4. The van der Waals surface area contributed by atoms with E-state index in [0.717, 1.165) is 30.6 Å². The number of anilines is 2. The minimum Gasteiger partial charge on any atom is -0.445 e. The fourth-order valence-corrected chi connectivity index (χ4v) is 4.49. The normalized spacial score (nSPS) is 15.1. The molecule has 0 radical (unpaired) electrons. The molecule has 2 aromatic rings. The van der Waals surface area contributed by atoms with E-state index in [0.29, 0.717) is 5.69 Å². The fraction of sp³-hybridized carbons (Fsp3) is 0.440. The summed E-state index contributed by atoms with van der Waals surface area (Å²) in [7, 11) is -3.32. The maximum Gasteiger partial charge on any atom is 0.408 e. The Morgan fingerprint density at radius 1 is 0.971 bits per heavy atom. The second-order valence-electron chi connectivity index (χ2n) is 8.61. The summed E-state index contributed by atoms with van der Waals surface area (Å²) in [5.74, 6) is -0.736. The minimum absolute atomic E-state index is 0.0467. The number of carbonyl (C=O) groups excluding carboxylic acids is 2. The van der Waals surface area contributed by atoms with E-state index in [-0.39, 0.29) is 18.8 Å². The summed E-state index contributed by atoms with van der Waals surface area (Å²) < 4.78 is 28.5. The van der Waals surface area contributed by atoms with Crippen LogP contribution in [-0.4, -0.2) is 51.6 Å². The number of hydrogen-bond donors (Lipinski definition) is 2. The molecule has 3 rings (SSSR count). The number of ether oxygens (including phenoxy) is 1. The number of amides is 2. The number of benzene rings is 2. The van der Waals surface area contributed by atoms with Crippen LogP contribution in [-0.2, 0) is 26.0 Å². The van der Waals surface area contributed by atoms with Gasteiger partial charge in [0.2, 0.25) is 5.91 Å². The first-order valence-electron chi connectivity index (χ1n) is 11.6. The molecule has 1 atom stereocenters. The van der Waals surface area contributed by atoms with Crippen LogP contribution in [0.2, 0.25) is 0 Å². The molecule has 1 aliphatic rings. The smallest absolute Gasteiger partial charge is 0.408 e. The van der Waals surface area contributed by atoms with Gasteiger partial charge in [-0.1, -0.05) is 43.2 Å². The Labute approximate surface area is 201 Å². The van der Waals surface area contributed by atoms with Crippen molar-refractivity contribution in [1.29, 1.82) is 0 Å². The Hall–Kier alpha value is -3.07. The number of nitrogens with one attached hydrogen (secondary N) is 2. The monoisotopic (exact) mass is 487 g/mol. The predicted molar refractivity (Wildman–Crippen MR) is 134 cm³/mol. The van der Waals surface area contributed by atoms with Gasteiger partial charge in [-0.2, -0.15) is 0 Å². The van der Waals surface area contributed by atoms with Gasteiger partial charge < -0.3 is 20.3 Å². The van der Waals surface area contributed by atoms with Crippen molar-refractivity contribution in [3.05, 3.63) is 60.2 Å². The average molecular weight is 488 g/mol. The standard InChI is InChI=1S/C25H33N3O5S/c1-34(31,32)18-15-23(27-25(30)33-19-20-9-5-4-6-10-20)24(29)26-21-11-13-22(14-12-21)28-16-7-2-3-8-17-28/h4-6,9-14,23H,2-3,7-8,15-19H2,1H3,(H,26,29)(H,27,30). The quantitative estimate of drug-likeness (QED) is 0.558. The SMILES string of the molecule is CS(=O)(=O)CCC(NC(=O)OCc1ccccc1)C(=O)Nc1ccc(N2CCCCCC2)cc1. The molecular weight excluding hydrogens is 454 g/mol. The van der Waals surface area contributed by atoms with E-state index in [2.05, 4.69) is 15.5 Å². The summed E-state index contributed by atoms with van der Waals surface area (Å²) in [5, 5.41) is 5.28. The number of hydrogen-bond acceptors (Lipinski definition) is 6. The van der Waals surface area contributed by atoms with Crippen molar-refractivity contribution in [3.8, 4) is 0 Å². The third-order valence-electron chi connectivity index (χ3n) is 5.70. The molecule has 34 heavy (non-hydrogen) atoms. The third-order valence-corrected chi connectivity index (χ3v) is 6.68. The molecule has 9 heteroatoms. The Morgan fingerprint density at radius 3 is 2.24 bits per heavy atom. The van der Waals surface area contributed by atoms with Gasteiger partial charge in [0.1, 0.15) is 22.5 Å². The van der Waals surface area contributed by atoms with Crippen LogP contribution < -0.4 is 15.5 Å². The zero-order chi connectivity index (χ0) is 24.4. The van der Waals surface area contributed by atoms with Crippen LogP contribution >= 0.6 is 0 Å². The van der Waals surface area contributed by atoms with E-state index in [1.54, 1.807) is 0 Å². The molecular formula is C25H33N3O5S. The lowest BCUT2D eigenvalue weighted by Crippen LogP contribution is -2.45. The number of sulfone groups is 1. The van der Waals surface area contributed by atoms with Gasteiger partial charge in [0.15, 0.2) is 0 Å². The number of alkyl carbamates (subject to hydrolysis) is 1. The number of carbonyl (C=O) groups is 2. The molecule has 1 heterocycles. The first-order valence-corrected chi connectivity index (χ1v) is 13.7. The molecule has 184 valence electrons.